The van der Waals surface area contributed by atoms with Gasteiger partial charge in [-0.05, 0) is 42.8 Å². The Morgan fingerprint density at radius 1 is 1.19 bits per heavy atom. The van der Waals surface area contributed by atoms with Crippen LogP contribution in [0.1, 0.15) is 51.0 Å². The molecule has 0 fully saturated rings. The van der Waals surface area contributed by atoms with Gasteiger partial charge in [0.15, 0.2) is 0 Å². The zero-order valence-corrected chi connectivity index (χ0v) is 15.4. The van der Waals surface area contributed by atoms with Crippen molar-refractivity contribution in [1.29, 1.82) is 0 Å². The molecule has 27 heavy (non-hydrogen) atoms. The van der Waals surface area contributed by atoms with Gasteiger partial charge in [-0.1, -0.05) is 38.3 Å². The molecule has 0 amide bonds. The molecule has 152 valence electrons. The van der Waals surface area contributed by atoms with Crippen LogP contribution in [0.3, 0.4) is 0 Å². The number of alkyl halides is 3. The minimum atomic E-state index is -4.76. The summed E-state index contributed by atoms with van der Waals surface area (Å²) in [5, 5.41) is 19.1. The van der Waals surface area contributed by atoms with Crippen LogP contribution in [0.25, 0.3) is 0 Å². The monoisotopic (exact) mass is 389 g/mol. The van der Waals surface area contributed by atoms with Crippen molar-refractivity contribution >= 4 is 12.9 Å². The van der Waals surface area contributed by atoms with Crippen LogP contribution >= 0.6 is 0 Å². The third-order valence-corrected chi connectivity index (χ3v) is 4.37. The highest BCUT2D eigenvalue weighted by Gasteiger charge is 2.31. The van der Waals surface area contributed by atoms with Gasteiger partial charge < -0.3 is 20.5 Å². The van der Waals surface area contributed by atoms with Crippen LogP contribution in [0.15, 0.2) is 24.3 Å². The first kappa shape index (κ1) is 23.5. The second kappa shape index (κ2) is 11.3. The minimum absolute atomic E-state index is 0.120. The van der Waals surface area contributed by atoms with E-state index in [1.165, 1.54) is 24.3 Å². The van der Waals surface area contributed by atoms with Gasteiger partial charge in [0.25, 0.3) is 0 Å². The predicted molar refractivity (Wildman–Crippen MR) is 97.1 cm³/mol. The number of hydrogen-bond donors (Lipinski definition) is 3. The topological polar surface area (TPSA) is 92.8 Å². The van der Waals surface area contributed by atoms with Gasteiger partial charge in [-0.25, -0.2) is 0 Å². The van der Waals surface area contributed by atoms with E-state index >= 15 is 0 Å². The van der Waals surface area contributed by atoms with Gasteiger partial charge in [-0.15, -0.1) is 13.2 Å². The summed E-state index contributed by atoms with van der Waals surface area (Å²) in [7, 11) is -1.64. The average molecular weight is 389 g/mol. The summed E-state index contributed by atoms with van der Waals surface area (Å²) in [6, 6.07) is 4.63. The van der Waals surface area contributed by atoms with Crippen LogP contribution in [0.2, 0.25) is 5.82 Å². The van der Waals surface area contributed by atoms with Crippen molar-refractivity contribution in [2.45, 2.75) is 70.1 Å². The lowest BCUT2D eigenvalue weighted by Gasteiger charge is -2.17. The first-order valence-corrected chi connectivity index (χ1v) is 9.11. The number of carbonyl (C=O) groups excluding carboxylic acids is 1. The Labute approximate surface area is 157 Å². The molecule has 0 bridgehead atoms. The molecule has 4 N–H and O–H groups in total. The Kier molecular flexibility index (Phi) is 9.83. The third-order valence-electron chi connectivity index (χ3n) is 4.37. The molecule has 1 aromatic carbocycles. The van der Waals surface area contributed by atoms with E-state index < -0.39 is 25.3 Å². The van der Waals surface area contributed by atoms with Crippen LogP contribution in [-0.4, -0.2) is 35.4 Å². The Morgan fingerprint density at radius 3 is 2.33 bits per heavy atom. The predicted octanol–water partition coefficient (Wildman–Crippen LogP) is 3.23. The molecule has 0 unspecified atom stereocenters. The maximum Gasteiger partial charge on any atom is 0.573 e. The fraction of sp³-hybridized carbons (Fsp3) is 0.611. The normalized spacial score (nSPS) is 13.9. The molecule has 0 aliphatic heterocycles. The smallest absolute Gasteiger partial charge is 0.427 e. The first-order valence-electron chi connectivity index (χ1n) is 9.11. The standard InChI is InChI=1S/C18H27BF3NO4/c1-2-3-4-5-16(23)17(24)11-8-14(19(25)26)12-13-6-9-15(10-7-13)27-18(20,21)22/h6-7,9-10,14,16,25-26H,2-5,8,11-12,23H2,1H3/t14-,16+/m0/s1. The minimum Gasteiger partial charge on any atom is -0.427 e. The number of Topliss-reactive ketones (excluding diaryl/α,β-unsaturated/α-hetero) is 1. The summed E-state index contributed by atoms with van der Waals surface area (Å²) in [5.41, 5.74) is 6.47. The Hall–Kier alpha value is -1.58. The highest BCUT2D eigenvalue weighted by atomic mass is 19.4. The lowest BCUT2D eigenvalue weighted by Crippen LogP contribution is -2.31. The summed E-state index contributed by atoms with van der Waals surface area (Å²) >= 11 is 0. The molecule has 0 radical (unpaired) electrons. The van der Waals surface area contributed by atoms with E-state index in [0.717, 1.165) is 19.3 Å². The molecule has 2 atom stereocenters. The molecular weight excluding hydrogens is 362 g/mol. The molecule has 1 aromatic rings. The third kappa shape index (κ3) is 9.79. The van der Waals surface area contributed by atoms with Gasteiger partial charge >= 0.3 is 13.5 Å². The summed E-state index contributed by atoms with van der Waals surface area (Å²) in [5.74, 6) is -1.09. The molecule has 0 aromatic heterocycles. The molecule has 0 spiro atoms. The van der Waals surface area contributed by atoms with E-state index in [1.54, 1.807) is 0 Å². The van der Waals surface area contributed by atoms with E-state index in [1.807, 2.05) is 0 Å². The van der Waals surface area contributed by atoms with Gasteiger partial charge in [0.1, 0.15) is 11.5 Å². The molecule has 9 heteroatoms. The zero-order valence-electron chi connectivity index (χ0n) is 15.4. The Morgan fingerprint density at radius 2 is 1.81 bits per heavy atom. The van der Waals surface area contributed by atoms with E-state index in [0.29, 0.717) is 12.0 Å². The van der Waals surface area contributed by atoms with Crippen molar-refractivity contribution in [3.8, 4) is 5.75 Å². The van der Waals surface area contributed by atoms with Crippen molar-refractivity contribution in [3.63, 3.8) is 0 Å². The number of ketones is 1. The highest BCUT2D eigenvalue weighted by molar-refractivity contribution is 6.43. The molecule has 0 saturated heterocycles. The largest absolute Gasteiger partial charge is 0.573 e. The second-order valence-corrected chi connectivity index (χ2v) is 6.68. The van der Waals surface area contributed by atoms with Crippen molar-refractivity contribution in [2.24, 2.45) is 5.73 Å². The summed E-state index contributed by atoms with van der Waals surface area (Å²) in [4.78, 5) is 12.1. The van der Waals surface area contributed by atoms with Gasteiger partial charge in [0, 0.05) is 6.42 Å². The molecule has 0 heterocycles. The number of unbranched alkanes of at least 4 members (excludes halogenated alkanes) is 2. The SMILES string of the molecule is CCCCC[C@@H](N)C(=O)CC[C@@H](Cc1ccc(OC(F)(F)F)cc1)B(O)O. The second-order valence-electron chi connectivity index (χ2n) is 6.68. The van der Waals surface area contributed by atoms with Crippen LogP contribution in [-0.2, 0) is 11.2 Å². The number of carbonyl (C=O) groups is 1. The lowest BCUT2D eigenvalue weighted by molar-refractivity contribution is -0.274. The highest BCUT2D eigenvalue weighted by Crippen LogP contribution is 2.26. The molecular formula is C18H27BF3NO4. The van der Waals surface area contributed by atoms with E-state index in [9.17, 15) is 28.0 Å². The zero-order chi connectivity index (χ0) is 20.4. The molecule has 0 saturated carbocycles. The Bertz CT molecular complexity index is 567. The van der Waals surface area contributed by atoms with Gasteiger partial charge in [-0.2, -0.15) is 0 Å². The van der Waals surface area contributed by atoms with Crippen LogP contribution in [0.4, 0.5) is 13.2 Å². The maximum absolute atomic E-state index is 12.2. The molecule has 0 aliphatic rings. The molecule has 5 nitrogen and oxygen atoms in total. The number of halogens is 3. The average Bonchev–Trinajstić information content (AvgIpc) is 2.58. The maximum atomic E-state index is 12.2. The Balaban J connectivity index is 2.55. The summed E-state index contributed by atoms with van der Waals surface area (Å²) in [6.45, 7) is 2.06. The summed E-state index contributed by atoms with van der Waals surface area (Å²) in [6.07, 6.45) is -0.658. The van der Waals surface area contributed by atoms with Crippen LogP contribution in [0, 0.1) is 0 Å². The van der Waals surface area contributed by atoms with Gasteiger partial charge in [0.05, 0.1) is 6.04 Å². The van der Waals surface area contributed by atoms with Crippen LogP contribution < -0.4 is 10.5 Å². The number of ether oxygens (including phenoxy) is 1. The van der Waals surface area contributed by atoms with Gasteiger partial charge in [-0.3, -0.25) is 4.79 Å². The number of nitrogens with two attached hydrogens (primary N) is 1. The quantitative estimate of drug-likeness (QED) is 0.377. The fourth-order valence-electron chi connectivity index (χ4n) is 2.77. The molecule has 0 aliphatic carbocycles. The van der Waals surface area contributed by atoms with E-state index in [-0.39, 0.29) is 30.8 Å². The lowest BCUT2D eigenvalue weighted by atomic mass is 9.67. The summed E-state index contributed by atoms with van der Waals surface area (Å²) < 4.78 is 40.3. The number of benzene rings is 1. The van der Waals surface area contributed by atoms with Crippen molar-refractivity contribution in [1.82, 2.24) is 0 Å². The first-order chi connectivity index (χ1) is 12.6. The van der Waals surface area contributed by atoms with Crippen molar-refractivity contribution in [3.05, 3.63) is 29.8 Å². The molecule has 1 rings (SSSR count). The van der Waals surface area contributed by atoms with Gasteiger partial charge in [0.2, 0.25) is 0 Å². The van der Waals surface area contributed by atoms with E-state index in [2.05, 4.69) is 11.7 Å². The van der Waals surface area contributed by atoms with Crippen LogP contribution in [0.5, 0.6) is 5.75 Å². The number of rotatable bonds is 12. The van der Waals surface area contributed by atoms with Crippen molar-refractivity contribution in [2.75, 3.05) is 0 Å². The van der Waals surface area contributed by atoms with Crippen molar-refractivity contribution < 1.29 is 32.8 Å². The fourth-order valence-corrected chi connectivity index (χ4v) is 2.77. The van der Waals surface area contributed by atoms with E-state index in [4.69, 9.17) is 5.73 Å². The number of hydrogen-bond acceptors (Lipinski definition) is 5.